The molecule has 82 valence electrons. The number of pyridine rings is 1. The molecule has 0 unspecified atom stereocenters. The van der Waals surface area contributed by atoms with Gasteiger partial charge in [0, 0.05) is 30.2 Å². The highest BCUT2D eigenvalue weighted by Crippen LogP contribution is 2.31. The van der Waals surface area contributed by atoms with Gasteiger partial charge in [0.2, 0.25) is 0 Å². The van der Waals surface area contributed by atoms with Crippen molar-refractivity contribution >= 4 is 5.69 Å². The second-order valence-electron chi connectivity index (χ2n) is 4.93. The predicted molar refractivity (Wildman–Crippen MR) is 64.5 cm³/mol. The highest BCUT2D eigenvalue weighted by molar-refractivity contribution is 5.58. The minimum Gasteiger partial charge on any atom is -0.368 e. The average Bonchev–Trinajstić information content (AvgIpc) is 2.59. The van der Waals surface area contributed by atoms with Crippen LogP contribution in [0.3, 0.4) is 0 Å². The highest BCUT2D eigenvalue weighted by Gasteiger charge is 2.22. The van der Waals surface area contributed by atoms with Crippen LogP contribution in [0.2, 0.25) is 0 Å². The van der Waals surface area contributed by atoms with Crippen molar-refractivity contribution in [3.8, 4) is 0 Å². The van der Waals surface area contributed by atoms with Crippen LogP contribution in [-0.2, 0) is 6.42 Å². The summed E-state index contributed by atoms with van der Waals surface area (Å²) in [6.07, 6.45) is 3.21. The first-order valence-corrected chi connectivity index (χ1v) is 5.85. The fraction of sp³-hybridized carbons (Fsp3) is 0.615. The standard InChI is InChI=1S/C13H20N2/c1-9(2)12-7-13-11(8-14-12)5-6-15(13)10(3)4/h7-10H,5-6H2,1-4H3. The maximum atomic E-state index is 4.52. The van der Waals surface area contributed by atoms with Crippen molar-refractivity contribution in [1.82, 2.24) is 4.98 Å². The summed E-state index contributed by atoms with van der Waals surface area (Å²) in [5, 5.41) is 0. The summed E-state index contributed by atoms with van der Waals surface area (Å²) >= 11 is 0. The lowest BCUT2D eigenvalue weighted by Gasteiger charge is -2.24. The summed E-state index contributed by atoms with van der Waals surface area (Å²) in [5.41, 5.74) is 4.03. The van der Waals surface area contributed by atoms with Gasteiger partial charge in [-0.2, -0.15) is 0 Å². The van der Waals surface area contributed by atoms with Gasteiger partial charge in [-0.25, -0.2) is 0 Å². The molecule has 1 aliphatic heterocycles. The SMILES string of the molecule is CC(C)c1cc2c(cn1)CCN2C(C)C. The van der Waals surface area contributed by atoms with Gasteiger partial charge in [-0.05, 0) is 37.8 Å². The van der Waals surface area contributed by atoms with E-state index in [1.165, 1.54) is 16.9 Å². The van der Waals surface area contributed by atoms with Gasteiger partial charge in [0.05, 0.1) is 0 Å². The van der Waals surface area contributed by atoms with Crippen LogP contribution in [0.1, 0.15) is 44.9 Å². The molecule has 0 radical (unpaired) electrons. The molecule has 0 spiro atoms. The molecule has 0 aromatic carbocycles. The van der Waals surface area contributed by atoms with Crippen molar-refractivity contribution in [2.75, 3.05) is 11.4 Å². The largest absolute Gasteiger partial charge is 0.368 e. The van der Waals surface area contributed by atoms with E-state index < -0.39 is 0 Å². The van der Waals surface area contributed by atoms with Gasteiger partial charge in [0.15, 0.2) is 0 Å². The van der Waals surface area contributed by atoms with Gasteiger partial charge in [-0.1, -0.05) is 13.8 Å². The van der Waals surface area contributed by atoms with E-state index in [2.05, 4.69) is 49.8 Å². The molecule has 0 saturated carbocycles. The third-order valence-corrected chi connectivity index (χ3v) is 3.13. The van der Waals surface area contributed by atoms with Crippen molar-refractivity contribution in [2.24, 2.45) is 0 Å². The smallest absolute Gasteiger partial charge is 0.0449 e. The fourth-order valence-corrected chi connectivity index (χ4v) is 2.16. The monoisotopic (exact) mass is 204 g/mol. The van der Waals surface area contributed by atoms with Gasteiger partial charge in [0.25, 0.3) is 0 Å². The molecule has 2 heteroatoms. The Balaban J connectivity index is 2.38. The van der Waals surface area contributed by atoms with Gasteiger partial charge < -0.3 is 4.90 Å². The zero-order chi connectivity index (χ0) is 11.0. The number of anilines is 1. The maximum absolute atomic E-state index is 4.52. The van der Waals surface area contributed by atoms with Gasteiger partial charge >= 0.3 is 0 Å². The van der Waals surface area contributed by atoms with E-state index in [0.29, 0.717) is 12.0 Å². The number of rotatable bonds is 2. The summed E-state index contributed by atoms with van der Waals surface area (Å²) in [4.78, 5) is 6.99. The van der Waals surface area contributed by atoms with Crippen molar-refractivity contribution in [1.29, 1.82) is 0 Å². The minimum atomic E-state index is 0.518. The molecule has 1 aliphatic rings. The number of fused-ring (bicyclic) bond motifs is 1. The van der Waals surface area contributed by atoms with Crippen LogP contribution >= 0.6 is 0 Å². The Morgan fingerprint density at radius 3 is 2.60 bits per heavy atom. The number of nitrogens with zero attached hydrogens (tertiary/aromatic N) is 2. The Morgan fingerprint density at radius 2 is 2.00 bits per heavy atom. The minimum absolute atomic E-state index is 0.518. The van der Waals surface area contributed by atoms with Crippen LogP contribution in [0.4, 0.5) is 5.69 Å². The predicted octanol–water partition coefficient (Wildman–Crippen LogP) is 2.98. The van der Waals surface area contributed by atoms with Crippen molar-refractivity contribution in [3.63, 3.8) is 0 Å². The molecule has 0 aliphatic carbocycles. The van der Waals surface area contributed by atoms with E-state index in [1.54, 1.807) is 0 Å². The van der Waals surface area contributed by atoms with Crippen LogP contribution in [0.15, 0.2) is 12.3 Å². The Bertz CT molecular complexity index is 356. The molecule has 0 amide bonds. The molecule has 15 heavy (non-hydrogen) atoms. The number of hydrogen-bond donors (Lipinski definition) is 0. The van der Waals surface area contributed by atoms with Crippen molar-refractivity contribution < 1.29 is 0 Å². The molecule has 2 nitrogen and oxygen atoms in total. The molecule has 1 aromatic heterocycles. The van der Waals surface area contributed by atoms with E-state index in [-0.39, 0.29) is 0 Å². The average molecular weight is 204 g/mol. The van der Waals surface area contributed by atoms with Crippen molar-refractivity contribution in [3.05, 3.63) is 23.5 Å². The maximum Gasteiger partial charge on any atom is 0.0449 e. The number of hydrogen-bond acceptors (Lipinski definition) is 2. The lowest BCUT2D eigenvalue weighted by atomic mass is 10.1. The summed E-state index contributed by atoms with van der Waals surface area (Å²) in [7, 11) is 0. The first-order valence-electron chi connectivity index (χ1n) is 5.85. The fourth-order valence-electron chi connectivity index (χ4n) is 2.16. The third-order valence-electron chi connectivity index (χ3n) is 3.13. The molecular weight excluding hydrogens is 184 g/mol. The topological polar surface area (TPSA) is 16.1 Å². The van der Waals surface area contributed by atoms with Gasteiger partial charge in [-0.3, -0.25) is 4.98 Å². The lowest BCUT2D eigenvalue weighted by Crippen LogP contribution is -2.28. The molecule has 0 bridgehead atoms. The van der Waals surface area contributed by atoms with Gasteiger partial charge in [0.1, 0.15) is 0 Å². The van der Waals surface area contributed by atoms with Crippen LogP contribution in [0, 0.1) is 0 Å². The Hall–Kier alpha value is -1.05. The Labute approximate surface area is 92.3 Å². The van der Waals surface area contributed by atoms with Gasteiger partial charge in [-0.15, -0.1) is 0 Å². The van der Waals surface area contributed by atoms with E-state index in [0.717, 1.165) is 13.0 Å². The number of aromatic nitrogens is 1. The zero-order valence-corrected chi connectivity index (χ0v) is 10.1. The molecule has 2 rings (SSSR count). The summed E-state index contributed by atoms with van der Waals surface area (Å²) in [5.74, 6) is 0.518. The summed E-state index contributed by atoms with van der Waals surface area (Å²) in [6.45, 7) is 10.1. The van der Waals surface area contributed by atoms with Crippen LogP contribution < -0.4 is 4.90 Å². The Morgan fingerprint density at radius 1 is 1.27 bits per heavy atom. The normalized spacial score (nSPS) is 15.2. The first kappa shape index (κ1) is 10.5. The molecule has 0 atom stereocenters. The van der Waals surface area contributed by atoms with Crippen LogP contribution in [-0.4, -0.2) is 17.6 Å². The lowest BCUT2D eigenvalue weighted by molar-refractivity contribution is 0.709. The molecule has 0 saturated heterocycles. The van der Waals surface area contributed by atoms with Crippen LogP contribution in [0.5, 0.6) is 0 Å². The van der Waals surface area contributed by atoms with Crippen molar-refractivity contribution in [2.45, 2.75) is 46.1 Å². The van der Waals surface area contributed by atoms with E-state index >= 15 is 0 Å². The molecule has 0 fully saturated rings. The highest BCUT2D eigenvalue weighted by atomic mass is 15.2. The van der Waals surface area contributed by atoms with E-state index in [9.17, 15) is 0 Å². The first-order chi connectivity index (χ1) is 7.09. The molecule has 0 N–H and O–H groups in total. The van der Waals surface area contributed by atoms with E-state index in [1.807, 2.05) is 0 Å². The summed E-state index contributed by atoms with van der Waals surface area (Å²) < 4.78 is 0. The molecule has 1 aromatic rings. The quantitative estimate of drug-likeness (QED) is 0.736. The zero-order valence-electron chi connectivity index (χ0n) is 10.1. The Kier molecular flexibility index (Phi) is 2.68. The van der Waals surface area contributed by atoms with E-state index in [4.69, 9.17) is 0 Å². The third kappa shape index (κ3) is 1.85. The summed E-state index contributed by atoms with van der Waals surface area (Å²) in [6, 6.07) is 2.86. The molecular formula is C13H20N2. The second-order valence-corrected chi connectivity index (χ2v) is 4.93. The molecule has 2 heterocycles. The van der Waals surface area contributed by atoms with Crippen LogP contribution in [0.25, 0.3) is 0 Å². The second kappa shape index (κ2) is 3.84.